The first kappa shape index (κ1) is 19.8. The molecule has 3 aromatic rings. The highest BCUT2D eigenvalue weighted by Crippen LogP contribution is 2.27. The average Bonchev–Trinajstić information content (AvgIpc) is 3.32. The number of aromatic nitrogens is 4. The van der Waals surface area contributed by atoms with Crippen LogP contribution in [0.3, 0.4) is 0 Å². The lowest BCUT2D eigenvalue weighted by Crippen LogP contribution is -2.30. The first-order chi connectivity index (χ1) is 13.6. The van der Waals surface area contributed by atoms with Crippen LogP contribution in [-0.2, 0) is 24.4 Å². The molecule has 7 nitrogen and oxygen atoms in total. The number of ether oxygens (including phenoxy) is 1. The summed E-state index contributed by atoms with van der Waals surface area (Å²) in [5.74, 6) is 0.00281. The number of nitrogens with zero attached hydrogens (tertiary/aromatic N) is 4. The van der Waals surface area contributed by atoms with E-state index >= 15 is 0 Å². The fraction of sp³-hybridized carbons (Fsp3) is 0.381. The molecule has 0 bridgehead atoms. The maximum absolute atomic E-state index is 13.1. The monoisotopic (exact) mass is 381 g/mol. The van der Waals surface area contributed by atoms with Crippen LogP contribution in [0, 0.1) is 6.92 Å². The Balaban J connectivity index is 1.86. The Hall–Kier alpha value is -2.93. The number of carbonyl (C=O) groups excluding carboxylic acids is 1. The molecular weight excluding hydrogens is 354 g/mol. The lowest BCUT2D eigenvalue weighted by atomic mass is 10.0. The minimum atomic E-state index is 0.00281. The Morgan fingerprint density at radius 2 is 2.14 bits per heavy atom. The first-order valence-corrected chi connectivity index (χ1v) is 9.51. The van der Waals surface area contributed by atoms with Crippen LogP contribution < -0.4 is 0 Å². The van der Waals surface area contributed by atoms with Crippen LogP contribution in [0.2, 0.25) is 0 Å². The quantitative estimate of drug-likeness (QED) is 0.649. The Kier molecular flexibility index (Phi) is 6.26. The maximum atomic E-state index is 13.1. The molecule has 0 spiro atoms. The number of aryl methyl sites for hydroxylation is 2. The Labute approximate surface area is 165 Å². The highest BCUT2D eigenvalue weighted by atomic mass is 16.5. The molecule has 0 aliphatic carbocycles. The highest BCUT2D eigenvalue weighted by Gasteiger charge is 2.18. The summed E-state index contributed by atoms with van der Waals surface area (Å²) < 4.78 is 7.12. The van der Waals surface area contributed by atoms with Crippen LogP contribution >= 0.6 is 0 Å². The number of H-pyrrole nitrogens is 1. The van der Waals surface area contributed by atoms with Crippen LogP contribution in [0.25, 0.3) is 11.1 Å². The zero-order valence-electron chi connectivity index (χ0n) is 16.9. The van der Waals surface area contributed by atoms with Crippen molar-refractivity contribution >= 4 is 5.91 Å². The molecule has 1 amide bonds. The van der Waals surface area contributed by atoms with Gasteiger partial charge in [-0.2, -0.15) is 10.2 Å². The number of methoxy groups -OCH3 is 1. The third-order valence-corrected chi connectivity index (χ3v) is 4.75. The predicted molar refractivity (Wildman–Crippen MR) is 108 cm³/mol. The van der Waals surface area contributed by atoms with E-state index < -0.39 is 0 Å². The lowest BCUT2D eigenvalue weighted by molar-refractivity contribution is 0.0752. The van der Waals surface area contributed by atoms with E-state index in [4.69, 9.17) is 4.74 Å². The summed E-state index contributed by atoms with van der Waals surface area (Å²) >= 11 is 0. The summed E-state index contributed by atoms with van der Waals surface area (Å²) in [6.07, 6.45) is 3.81. The topological polar surface area (TPSA) is 76.0 Å². The third kappa shape index (κ3) is 4.14. The first-order valence-electron chi connectivity index (χ1n) is 9.51. The van der Waals surface area contributed by atoms with Gasteiger partial charge in [-0.05, 0) is 38.5 Å². The number of hydrogen-bond donors (Lipinski definition) is 1. The summed E-state index contributed by atoms with van der Waals surface area (Å²) in [5, 5.41) is 11.6. The van der Waals surface area contributed by atoms with Gasteiger partial charge in [-0.25, -0.2) is 0 Å². The van der Waals surface area contributed by atoms with Gasteiger partial charge in [0, 0.05) is 55.3 Å². The summed E-state index contributed by atoms with van der Waals surface area (Å²) in [5.41, 5.74) is 5.43. The minimum absolute atomic E-state index is 0.00281. The smallest absolute Gasteiger partial charge is 0.254 e. The van der Waals surface area contributed by atoms with Crippen molar-refractivity contribution in [1.82, 2.24) is 24.9 Å². The summed E-state index contributed by atoms with van der Waals surface area (Å²) in [6, 6.07) is 7.69. The fourth-order valence-electron chi connectivity index (χ4n) is 3.30. The molecule has 1 aromatic carbocycles. The molecule has 0 aliphatic rings. The Morgan fingerprint density at radius 1 is 1.32 bits per heavy atom. The van der Waals surface area contributed by atoms with E-state index in [0.717, 1.165) is 34.6 Å². The lowest BCUT2D eigenvalue weighted by Gasteiger charge is -2.20. The average molecular weight is 381 g/mol. The van der Waals surface area contributed by atoms with Crippen molar-refractivity contribution in [3.63, 3.8) is 0 Å². The molecule has 0 fully saturated rings. The van der Waals surface area contributed by atoms with Gasteiger partial charge in [-0.15, -0.1) is 0 Å². The maximum Gasteiger partial charge on any atom is 0.254 e. The summed E-state index contributed by atoms with van der Waals surface area (Å²) in [4.78, 5) is 15.0. The van der Waals surface area contributed by atoms with Crippen molar-refractivity contribution < 1.29 is 9.53 Å². The van der Waals surface area contributed by atoms with Crippen molar-refractivity contribution in [1.29, 1.82) is 0 Å². The van der Waals surface area contributed by atoms with Gasteiger partial charge in [0.15, 0.2) is 0 Å². The van der Waals surface area contributed by atoms with E-state index in [-0.39, 0.29) is 5.91 Å². The molecule has 28 heavy (non-hydrogen) atoms. The van der Waals surface area contributed by atoms with E-state index in [2.05, 4.69) is 15.3 Å². The van der Waals surface area contributed by atoms with Crippen LogP contribution in [0.5, 0.6) is 0 Å². The van der Waals surface area contributed by atoms with Crippen LogP contribution in [0.15, 0.2) is 36.7 Å². The molecule has 0 saturated heterocycles. The van der Waals surface area contributed by atoms with Crippen LogP contribution in [0.1, 0.15) is 41.2 Å². The molecule has 0 aliphatic heterocycles. The standard InChI is InChI=1S/C21H27N5O2/c1-5-25(12-16-11-22-26(6-2)13-16)21(27)18-9-7-8-17(10-18)20-15(3)23-24-19(20)14-28-4/h7-11,13H,5-6,12,14H2,1-4H3,(H,23,24). The zero-order chi connectivity index (χ0) is 20.1. The molecule has 2 aromatic heterocycles. The normalized spacial score (nSPS) is 11.0. The van der Waals surface area contributed by atoms with E-state index in [1.807, 2.05) is 67.0 Å². The second-order valence-electron chi connectivity index (χ2n) is 6.71. The fourth-order valence-corrected chi connectivity index (χ4v) is 3.30. The van der Waals surface area contributed by atoms with Crippen molar-refractivity contribution in [2.45, 2.75) is 40.5 Å². The summed E-state index contributed by atoms with van der Waals surface area (Å²) in [7, 11) is 1.65. The SMILES string of the molecule is CCN(Cc1cnn(CC)c1)C(=O)c1cccc(-c2c(COC)n[nH]c2C)c1. The summed E-state index contributed by atoms with van der Waals surface area (Å²) in [6.45, 7) is 8.40. The van der Waals surface area contributed by atoms with E-state index in [9.17, 15) is 4.79 Å². The Morgan fingerprint density at radius 3 is 2.82 bits per heavy atom. The minimum Gasteiger partial charge on any atom is -0.378 e. The third-order valence-electron chi connectivity index (χ3n) is 4.75. The Bertz CT molecular complexity index is 944. The molecule has 2 heterocycles. The number of hydrogen-bond acceptors (Lipinski definition) is 4. The molecule has 0 saturated carbocycles. The van der Waals surface area contributed by atoms with Gasteiger partial charge < -0.3 is 9.64 Å². The molecule has 1 N–H and O–H groups in total. The van der Waals surface area contributed by atoms with Gasteiger partial charge in [0.05, 0.1) is 18.5 Å². The van der Waals surface area contributed by atoms with E-state index in [0.29, 0.717) is 25.3 Å². The van der Waals surface area contributed by atoms with Crippen molar-refractivity contribution in [2.24, 2.45) is 0 Å². The van der Waals surface area contributed by atoms with E-state index in [1.54, 1.807) is 7.11 Å². The van der Waals surface area contributed by atoms with Gasteiger partial charge >= 0.3 is 0 Å². The van der Waals surface area contributed by atoms with E-state index in [1.165, 1.54) is 0 Å². The van der Waals surface area contributed by atoms with Gasteiger partial charge in [-0.3, -0.25) is 14.6 Å². The van der Waals surface area contributed by atoms with Crippen LogP contribution in [0.4, 0.5) is 0 Å². The highest BCUT2D eigenvalue weighted by molar-refractivity contribution is 5.95. The van der Waals surface area contributed by atoms with Crippen molar-refractivity contribution in [2.75, 3.05) is 13.7 Å². The number of nitrogens with one attached hydrogen (secondary N) is 1. The molecular formula is C21H27N5O2. The zero-order valence-corrected chi connectivity index (χ0v) is 16.9. The molecule has 7 heteroatoms. The van der Waals surface area contributed by atoms with Crippen LogP contribution in [-0.4, -0.2) is 44.4 Å². The molecule has 0 unspecified atom stereocenters. The second kappa shape index (κ2) is 8.84. The molecule has 3 rings (SSSR count). The largest absolute Gasteiger partial charge is 0.378 e. The van der Waals surface area contributed by atoms with Gasteiger partial charge in [0.1, 0.15) is 0 Å². The van der Waals surface area contributed by atoms with Crippen molar-refractivity contribution in [3.8, 4) is 11.1 Å². The van der Waals surface area contributed by atoms with Gasteiger partial charge in [0.2, 0.25) is 0 Å². The van der Waals surface area contributed by atoms with Gasteiger partial charge in [-0.1, -0.05) is 12.1 Å². The number of benzene rings is 1. The number of rotatable bonds is 8. The molecule has 0 atom stereocenters. The number of carbonyl (C=O) groups is 1. The van der Waals surface area contributed by atoms with Crippen molar-refractivity contribution in [3.05, 3.63) is 59.2 Å². The predicted octanol–water partition coefficient (Wildman–Crippen LogP) is 3.41. The molecule has 0 radical (unpaired) electrons. The number of amides is 1. The second-order valence-corrected chi connectivity index (χ2v) is 6.71. The molecule has 148 valence electrons. The van der Waals surface area contributed by atoms with Gasteiger partial charge in [0.25, 0.3) is 5.91 Å². The number of aromatic amines is 1.